The molecule has 0 aromatic rings. The summed E-state index contributed by atoms with van der Waals surface area (Å²) in [7, 11) is 0. The number of likely N-dealkylation sites (tertiary alicyclic amines) is 1. The molecular formula is C13H26N2. The quantitative estimate of drug-likeness (QED) is 0.753. The van der Waals surface area contributed by atoms with Crippen molar-refractivity contribution >= 4 is 0 Å². The van der Waals surface area contributed by atoms with Crippen LogP contribution in [0.1, 0.15) is 39.0 Å². The molecule has 1 heterocycles. The lowest BCUT2D eigenvalue weighted by Gasteiger charge is -2.21. The third kappa shape index (κ3) is 2.94. The van der Waals surface area contributed by atoms with Crippen LogP contribution < -0.4 is 5.73 Å². The van der Waals surface area contributed by atoms with Gasteiger partial charge < -0.3 is 10.6 Å². The summed E-state index contributed by atoms with van der Waals surface area (Å²) in [6.45, 7) is 7.32. The molecule has 15 heavy (non-hydrogen) atoms. The molecule has 2 heteroatoms. The number of fused-ring (bicyclic) bond motifs is 1. The first-order chi connectivity index (χ1) is 7.29. The SMILES string of the molecule is CC(CCCN)CN1CC2CCCC2C1. The molecule has 0 bridgehead atoms. The molecule has 2 aliphatic rings. The molecule has 0 radical (unpaired) electrons. The van der Waals surface area contributed by atoms with E-state index in [-0.39, 0.29) is 0 Å². The molecule has 1 saturated carbocycles. The van der Waals surface area contributed by atoms with Crippen molar-refractivity contribution < 1.29 is 0 Å². The summed E-state index contributed by atoms with van der Waals surface area (Å²) in [4.78, 5) is 2.70. The average Bonchev–Trinajstić information content (AvgIpc) is 2.74. The molecule has 3 atom stereocenters. The summed E-state index contributed by atoms with van der Waals surface area (Å²) in [5, 5.41) is 0. The van der Waals surface area contributed by atoms with E-state index in [1.54, 1.807) is 0 Å². The fourth-order valence-corrected chi connectivity index (χ4v) is 3.48. The van der Waals surface area contributed by atoms with E-state index in [1.807, 2.05) is 0 Å². The second-order valence-electron chi connectivity index (χ2n) is 5.71. The van der Waals surface area contributed by atoms with Gasteiger partial charge in [0.1, 0.15) is 0 Å². The molecule has 0 spiro atoms. The van der Waals surface area contributed by atoms with Crippen LogP contribution in [-0.2, 0) is 0 Å². The van der Waals surface area contributed by atoms with Gasteiger partial charge in [-0.1, -0.05) is 13.3 Å². The van der Waals surface area contributed by atoms with E-state index in [4.69, 9.17) is 5.73 Å². The van der Waals surface area contributed by atoms with Gasteiger partial charge >= 0.3 is 0 Å². The van der Waals surface area contributed by atoms with Crippen LogP contribution in [0.2, 0.25) is 0 Å². The Hall–Kier alpha value is -0.0800. The highest BCUT2D eigenvalue weighted by Gasteiger charge is 2.35. The van der Waals surface area contributed by atoms with E-state index < -0.39 is 0 Å². The standard InChI is InChI=1S/C13H26N2/c1-11(4-3-7-14)8-15-9-12-5-2-6-13(12)10-15/h11-13H,2-10,14H2,1H3. The molecule has 2 N–H and O–H groups in total. The average molecular weight is 210 g/mol. The highest BCUT2D eigenvalue weighted by molar-refractivity contribution is 4.88. The van der Waals surface area contributed by atoms with Crippen LogP contribution in [0, 0.1) is 17.8 Å². The van der Waals surface area contributed by atoms with E-state index in [0.29, 0.717) is 0 Å². The molecule has 0 aromatic carbocycles. The largest absolute Gasteiger partial charge is 0.330 e. The molecule has 88 valence electrons. The van der Waals surface area contributed by atoms with Gasteiger partial charge in [-0.2, -0.15) is 0 Å². The molecule has 1 saturated heterocycles. The minimum Gasteiger partial charge on any atom is -0.330 e. The molecule has 2 rings (SSSR count). The summed E-state index contributed by atoms with van der Waals surface area (Å²) in [6, 6.07) is 0. The van der Waals surface area contributed by atoms with Crippen molar-refractivity contribution in [1.29, 1.82) is 0 Å². The van der Waals surface area contributed by atoms with Crippen LogP contribution in [0.3, 0.4) is 0 Å². The van der Waals surface area contributed by atoms with Gasteiger partial charge in [0.25, 0.3) is 0 Å². The zero-order valence-corrected chi connectivity index (χ0v) is 10.1. The number of hydrogen-bond donors (Lipinski definition) is 1. The normalized spacial score (nSPS) is 33.2. The van der Waals surface area contributed by atoms with Crippen molar-refractivity contribution in [2.75, 3.05) is 26.2 Å². The smallest absolute Gasteiger partial charge is 0.00130 e. The highest BCUT2D eigenvalue weighted by Crippen LogP contribution is 2.37. The Morgan fingerprint density at radius 1 is 1.27 bits per heavy atom. The Bertz CT molecular complexity index is 181. The van der Waals surface area contributed by atoms with Gasteiger partial charge in [0.2, 0.25) is 0 Å². The lowest BCUT2D eigenvalue weighted by Crippen LogP contribution is -2.27. The predicted molar refractivity (Wildman–Crippen MR) is 64.7 cm³/mol. The monoisotopic (exact) mass is 210 g/mol. The fourth-order valence-electron chi connectivity index (χ4n) is 3.48. The maximum atomic E-state index is 5.55. The Kier molecular flexibility index (Phi) is 4.04. The van der Waals surface area contributed by atoms with Gasteiger partial charge in [-0.05, 0) is 50.0 Å². The van der Waals surface area contributed by atoms with Gasteiger partial charge in [-0.25, -0.2) is 0 Å². The molecule has 0 amide bonds. The van der Waals surface area contributed by atoms with E-state index in [9.17, 15) is 0 Å². The molecular weight excluding hydrogens is 184 g/mol. The van der Waals surface area contributed by atoms with Crippen LogP contribution in [0.25, 0.3) is 0 Å². The molecule has 3 unspecified atom stereocenters. The van der Waals surface area contributed by atoms with Crippen LogP contribution in [-0.4, -0.2) is 31.1 Å². The summed E-state index contributed by atoms with van der Waals surface area (Å²) >= 11 is 0. The number of rotatable bonds is 5. The van der Waals surface area contributed by atoms with Crippen molar-refractivity contribution in [3.63, 3.8) is 0 Å². The summed E-state index contributed by atoms with van der Waals surface area (Å²) in [5.74, 6) is 2.94. The number of nitrogens with two attached hydrogens (primary N) is 1. The Balaban J connectivity index is 1.68. The zero-order valence-electron chi connectivity index (χ0n) is 10.1. The van der Waals surface area contributed by atoms with Gasteiger partial charge in [0, 0.05) is 19.6 Å². The van der Waals surface area contributed by atoms with Crippen molar-refractivity contribution in [2.24, 2.45) is 23.5 Å². The first-order valence-corrected chi connectivity index (χ1v) is 6.72. The Morgan fingerprint density at radius 2 is 1.93 bits per heavy atom. The lowest BCUT2D eigenvalue weighted by atomic mass is 10.0. The highest BCUT2D eigenvalue weighted by atomic mass is 15.2. The Labute approximate surface area is 94.2 Å². The predicted octanol–water partition coefficient (Wildman–Crippen LogP) is 2.09. The van der Waals surface area contributed by atoms with Crippen molar-refractivity contribution in [1.82, 2.24) is 4.90 Å². The van der Waals surface area contributed by atoms with Crippen molar-refractivity contribution in [3.05, 3.63) is 0 Å². The maximum absolute atomic E-state index is 5.55. The molecule has 1 aliphatic carbocycles. The van der Waals surface area contributed by atoms with Crippen LogP contribution in [0.5, 0.6) is 0 Å². The zero-order chi connectivity index (χ0) is 10.7. The first-order valence-electron chi connectivity index (χ1n) is 6.72. The lowest BCUT2D eigenvalue weighted by molar-refractivity contribution is 0.259. The van der Waals surface area contributed by atoms with Crippen molar-refractivity contribution in [3.8, 4) is 0 Å². The Morgan fingerprint density at radius 3 is 2.53 bits per heavy atom. The third-order valence-corrected chi connectivity index (χ3v) is 4.27. The van der Waals surface area contributed by atoms with Crippen LogP contribution in [0.4, 0.5) is 0 Å². The van der Waals surface area contributed by atoms with E-state index in [2.05, 4.69) is 11.8 Å². The van der Waals surface area contributed by atoms with E-state index in [0.717, 1.165) is 24.3 Å². The van der Waals surface area contributed by atoms with Gasteiger partial charge in [0.15, 0.2) is 0 Å². The summed E-state index contributed by atoms with van der Waals surface area (Å²) < 4.78 is 0. The summed E-state index contributed by atoms with van der Waals surface area (Å²) in [6.07, 6.45) is 6.99. The molecule has 0 aromatic heterocycles. The topological polar surface area (TPSA) is 29.3 Å². The number of nitrogens with zero attached hydrogens (tertiary/aromatic N) is 1. The first kappa shape index (κ1) is 11.4. The van der Waals surface area contributed by atoms with Gasteiger partial charge in [-0.3, -0.25) is 0 Å². The van der Waals surface area contributed by atoms with E-state index >= 15 is 0 Å². The third-order valence-electron chi connectivity index (χ3n) is 4.27. The van der Waals surface area contributed by atoms with Crippen molar-refractivity contribution in [2.45, 2.75) is 39.0 Å². The molecule has 1 aliphatic heterocycles. The van der Waals surface area contributed by atoms with Crippen LogP contribution >= 0.6 is 0 Å². The number of hydrogen-bond acceptors (Lipinski definition) is 2. The summed E-state index contributed by atoms with van der Waals surface area (Å²) in [5.41, 5.74) is 5.55. The van der Waals surface area contributed by atoms with E-state index in [1.165, 1.54) is 51.7 Å². The van der Waals surface area contributed by atoms with Gasteiger partial charge in [0.05, 0.1) is 0 Å². The maximum Gasteiger partial charge on any atom is 0.00130 e. The molecule has 2 nitrogen and oxygen atoms in total. The molecule has 2 fully saturated rings. The second-order valence-corrected chi connectivity index (χ2v) is 5.71. The minimum atomic E-state index is 0.840. The van der Waals surface area contributed by atoms with Gasteiger partial charge in [-0.15, -0.1) is 0 Å². The van der Waals surface area contributed by atoms with Crippen LogP contribution in [0.15, 0.2) is 0 Å². The second kappa shape index (κ2) is 5.31. The fraction of sp³-hybridized carbons (Fsp3) is 1.00. The minimum absolute atomic E-state index is 0.840.